The molecule has 0 amide bonds. The minimum atomic E-state index is -0.0294. The number of anilines is 1. The Labute approximate surface area is 165 Å². The first kappa shape index (κ1) is 17.8. The predicted molar refractivity (Wildman–Crippen MR) is 107 cm³/mol. The average Bonchev–Trinajstić information content (AvgIpc) is 3.22. The number of thiophene rings is 1. The van der Waals surface area contributed by atoms with Crippen LogP contribution in [0.4, 0.5) is 10.1 Å². The number of allylic oxidation sites excluding steroid dienone is 2. The lowest BCUT2D eigenvalue weighted by molar-refractivity contribution is 0.496. The van der Waals surface area contributed by atoms with Crippen LogP contribution in [0.2, 0.25) is 10.3 Å². The van der Waals surface area contributed by atoms with Gasteiger partial charge >= 0.3 is 0 Å². The number of rotatable bonds is 4. The third-order valence-electron chi connectivity index (χ3n) is 4.89. The van der Waals surface area contributed by atoms with Crippen molar-refractivity contribution in [1.29, 1.82) is 0 Å². The molecule has 0 aliphatic heterocycles. The zero-order chi connectivity index (χ0) is 18.3. The highest BCUT2D eigenvalue weighted by Crippen LogP contribution is 2.42. The third kappa shape index (κ3) is 3.24. The van der Waals surface area contributed by atoms with E-state index in [2.05, 4.69) is 28.8 Å². The normalized spacial score (nSPS) is 17.5. The number of aromatic nitrogens is 2. The van der Waals surface area contributed by atoms with Crippen molar-refractivity contribution in [3.8, 4) is 0 Å². The van der Waals surface area contributed by atoms with E-state index in [9.17, 15) is 4.39 Å². The monoisotopic (exact) mass is 409 g/mol. The topological polar surface area (TPSA) is 29.3 Å². The van der Waals surface area contributed by atoms with E-state index in [-0.39, 0.29) is 11.7 Å². The first-order valence-electron chi connectivity index (χ1n) is 8.52. The van der Waals surface area contributed by atoms with Crippen molar-refractivity contribution in [3.63, 3.8) is 0 Å². The summed E-state index contributed by atoms with van der Waals surface area (Å²) < 4.78 is 15.1. The molecule has 0 radical (unpaired) electrons. The molecular weight excluding hydrogens is 392 g/mol. The summed E-state index contributed by atoms with van der Waals surface area (Å²) in [5.41, 5.74) is 3.96. The maximum Gasteiger partial charge on any atom is 0.152 e. The number of nitrogens with zero attached hydrogens (tertiary/aromatic N) is 2. The van der Waals surface area contributed by atoms with E-state index in [1.807, 2.05) is 12.1 Å². The van der Waals surface area contributed by atoms with Crippen LogP contribution in [-0.2, 0) is 6.54 Å². The quantitative estimate of drug-likeness (QED) is 0.516. The van der Waals surface area contributed by atoms with Crippen molar-refractivity contribution >= 4 is 45.7 Å². The van der Waals surface area contributed by atoms with Crippen molar-refractivity contribution < 1.29 is 4.39 Å². The largest absolute Gasteiger partial charge is 0.378 e. The fourth-order valence-electron chi connectivity index (χ4n) is 3.64. The molecule has 1 aliphatic rings. The first-order valence-corrected chi connectivity index (χ1v) is 10.2. The number of fused-ring (bicyclic) bond motifs is 1. The zero-order valence-corrected chi connectivity index (χ0v) is 16.6. The van der Waals surface area contributed by atoms with Crippen molar-refractivity contribution in [2.45, 2.75) is 38.6 Å². The Kier molecular flexibility index (Phi) is 4.95. The van der Waals surface area contributed by atoms with Crippen LogP contribution in [0.25, 0.3) is 5.52 Å². The molecule has 1 unspecified atom stereocenters. The molecule has 3 aromatic heterocycles. The van der Waals surface area contributed by atoms with Gasteiger partial charge in [-0.1, -0.05) is 35.3 Å². The Hall–Kier alpha value is -1.56. The molecule has 0 saturated heterocycles. The van der Waals surface area contributed by atoms with Gasteiger partial charge in [0.05, 0.1) is 17.0 Å². The van der Waals surface area contributed by atoms with Gasteiger partial charge in [0.2, 0.25) is 0 Å². The Morgan fingerprint density at radius 1 is 1.42 bits per heavy atom. The Morgan fingerprint density at radius 2 is 2.27 bits per heavy atom. The fraction of sp³-hybridized carbons (Fsp3) is 0.316. The van der Waals surface area contributed by atoms with Gasteiger partial charge in [-0.2, -0.15) is 5.10 Å². The van der Waals surface area contributed by atoms with Crippen LogP contribution in [0.5, 0.6) is 0 Å². The molecule has 1 aliphatic carbocycles. The van der Waals surface area contributed by atoms with E-state index in [1.165, 1.54) is 4.88 Å². The van der Waals surface area contributed by atoms with Gasteiger partial charge in [-0.05, 0) is 54.7 Å². The van der Waals surface area contributed by atoms with Crippen LogP contribution < -0.4 is 5.32 Å². The molecule has 3 heterocycles. The average molecular weight is 410 g/mol. The molecule has 0 bridgehead atoms. The predicted octanol–water partition coefficient (Wildman–Crippen LogP) is 6.74. The molecule has 136 valence electrons. The van der Waals surface area contributed by atoms with Crippen LogP contribution in [0.3, 0.4) is 0 Å². The van der Waals surface area contributed by atoms with E-state index >= 15 is 0 Å². The second-order valence-electron chi connectivity index (χ2n) is 6.53. The lowest BCUT2D eigenvalue weighted by atomic mass is 9.87. The molecular formula is C19H18Cl2FN3S. The number of nitrogens with one attached hydrogen (secondary N) is 1. The molecule has 3 nitrogen and oxygen atoms in total. The third-order valence-corrected chi connectivity index (χ3v) is 6.32. The molecule has 0 fully saturated rings. The lowest BCUT2D eigenvalue weighted by Crippen LogP contribution is -2.04. The zero-order valence-electron chi connectivity index (χ0n) is 14.2. The van der Waals surface area contributed by atoms with Crippen molar-refractivity contribution in [2.24, 2.45) is 0 Å². The summed E-state index contributed by atoms with van der Waals surface area (Å²) >= 11 is 14.6. The maximum atomic E-state index is 13.4. The molecule has 1 atom stereocenters. The van der Waals surface area contributed by atoms with E-state index < -0.39 is 0 Å². The Balaban J connectivity index is 1.77. The highest BCUT2D eigenvalue weighted by Gasteiger charge is 2.26. The summed E-state index contributed by atoms with van der Waals surface area (Å²) in [5.74, 6) is 0.172. The van der Waals surface area contributed by atoms with Crippen LogP contribution in [-0.4, -0.2) is 9.61 Å². The summed E-state index contributed by atoms with van der Waals surface area (Å²) in [4.78, 5) is 1.24. The van der Waals surface area contributed by atoms with E-state index in [4.69, 9.17) is 23.2 Å². The number of hydrogen-bond donors (Lipinski definition) is 1. The van der Waals surface area contributed by atoms with Crippen LogP contribution >= 0.6 is 34.5 Å². The van der Waals surface area contributed by atoms with Gasteiger partial charge in [0.1, 0.15) is 5.15 Å². The molecule has 7 heteroatoms. The smallest absolute Gasteiger partial charge is 0.152 e. The Bertz CT molecular complexity index is 979. The maximum absolute atomic E-state index is 13.4. The summed E-state index contributed by atoms with van der Waals surface area (Å²) in [5, 5.41) is 10.9. The molecule has 0 saturated carbocycles. The number of halogens is 3. The summed E-state index contributed by atoms with van der Waals surface area (Å²) in [6, 6.07) is 5.95. The SMILES string of the molecule is Cc1c(C2CC=C(F)CC2)c(Cl)n2nc(Cl)cc(NCc3cccs3)c12. The highest BCUT2D eigenvalue weighted by atomic mass is 35.5. The highest BCUT2D eigenvalue weighted by molar-refractivity contribution is 7.09. The van der Waals surface area contributed by atoms with Gasteiger partial charge in [-0.3, -0.25) is 0 Å². The van der Waals surface area contributed by atoms with Crippen molar-refractivity contribution in [2.75, 3.05) is 5.32 Å². The van der Waals surface area contributed by atoms with Gasteiger partial charge in [0.25, 0.3) is 0 Å². The minimum Gasteiger partial charge on any atom is -0.378 e. The summed E-state index contributed by atoms with van der Waals surface area (Å²) in [7, 11) is 0. The van der Waals surface area contributed by atoms with E-state index in [1.54, 1.807) is 21.9 Å². The van der Waals surface area contributed by atoms with E-state index in [0.717, 1.165) is 28.8 Å². The van der Waals surface area contributed by atoms with Crippen LogP contribution in [0.15, 0.2) is 35.5 Å². The van der Waals surface area contributed by atoms with Gasteiger partial charge < -0.3 is 5.32 Å². The van der Waals surface area contributed by atoms with Crippen molar-refractivity contribution in [3.05, 3.63) is 61.8 Å². The number of aryl methyl sites for hydroxylation is 1. The van der Waals surface area contributed by atoms with Gasteiger partial charge in [0, 0.05) is 17.5 Å². The number of hydrogen-bond acceptors (Lipinski definition) is 3. The molecule has 4 rings (SSSR count). The second-order valence-corrected chi connectivity index (χ2v) is 8.30. The molecule has 0 aromatic carbocycles. The fourth-order valence-corrected chi connectivity index (χ4v) is 4.89. The minimum absolute atomic E-state index is 0.0294. The van der Waals surface area contributed by atoms with E-state index in [0.29, 0.717) is 29.7 Å². The van der Waals surface area contributed by atoms with Crippen LogP contribution in [0.1, 0.15) is 41.2 Å². The van der Waals surface area contributed by atoms with Gasteiger partial charge in [0.15, 0.2) is 5.15 Å². The molecule has 0 spiro atoms. The van der Waals surface area contributed by atoms with Crippen molar-refractivity contribution in [1.82, 2.24) is 9.61 Å². The standard InChI is InChI=1S/C19H18Cl2FN3S/c1-11-17(12-4-6-13(22)7-5-12)19(21)25-18(11)15(9-16(20)24-25)23-10-14-3-2-8-26-14/h2-3,6,8-9,12,23H,4-5,7,10H2,1H3. The lowest BCUT2D eigenvalue weighted by Gasteiger charge is -2.19. The first-order chi connectivity index (χ1) is 12.5. The molecule has 3 aromatic rings. The Morgan fingerprint density at radius 3 is 2.96 bits per heavy atom. The van der Waals surface area contributed by atoms with Crippen LogP contribution in [0, 0.1) is 6.92 Å². The summed E-state index contributed by atoms with van der Waals surface area (Å²) in [6.45, 7) is 2.76. The second kappa shape index (κ2) is 7.22. The van der Waals surface area contributed by atoms with Gasteiger partial charge in [-0.15, -0.1) is 11.3 Å². The molecule has 1 N–H and O–H groups in total. The molecule has 26 heavy (non-hydrogen) atoms. The summed E-state index contributed by atoms with van der Waals surface area (Å²) in [6.07, 6.45) is 3.55. The van der Waals surface area contributed by atoms with Gasteiger partial charge in [-0.25, -0.2) is 8.91 Å².